The highest BCUT2D eigenvalue weighted by atomic mass is 28.4. The lowest BCUT2D eigenvalue weighted by Crippen LogP contribution is -2.50. The fraction of sp³-hybridized carbons (Fsp3) is 1.00. The van der Waals surface area contributed by atoms with Crippen molar-refractivity contribution in [2.45, 2.75) is 91.0 Å². The third-order valence-electron chi connectivity index (χ3n) is 7.36. The van der Waals surface area contributed by atoms with Gasteiger partial charge in [-0.05, 0) is 67.0 Å². The first-order chi connectivity index (χ1) is 10.0. The van der Waals surface area contributed by atoms with Gasteiger partial charge in [0.1, 0.15) is 0 Å². The predicted molar refractivity (Wildman–Crippen MR) is 96.5 cm³/mol. The Balaban J connectivity index is 2.17. The second kappa shape index (κ2) is 6.21. The van der Waals surface area contributed by atoms with Crippen molar-refractivity contribution in [3.63, 3.8) is 0 Å². The van der Waals surface area contributed by atoms with Crippen molar-refractivity contribution in [2.75, 3.05) is 6.61 Å². The number of hydrogen-bond acceptors (Lipinski definition) is 2. The van der Waals surface area contributed by atoms with Crippen LogP contribution in [0.5, 0.6) is 0 Å². The Labute approximate surface area is 139 Å². The molecule has 2 saturated carbocycles. The zero-order valence-corrected chi connectivity index (χ0v) is 16.9. The van der Waals surface area contributed by atoms with Crippen LogP contribution in [0.25, 0.3) is 0 Å². The Morgan fingerprint density at radius 2 is 1.86 bits per heavy atom. The molecule has 0 amide bonds. The zero-order chi connectivity index (χ0) is 16.8. The van der Waals surface area contributed by atoms with E-state index in [-0.39, 0.29) is 5.04 Å². The van der Waals surface area contributed by atoms with Gasteiger partial charge in [0.15, 0.2) is 8.32 Å². The van der Waals surface area contributed by atoms with E-state index < -0.39 is 8.32 Å². The molecule has 0 saturated heterocycles. The number of aliphatic hydroxyl groups excluding tert-OH is 1. The molecule has 0 aromatic rings. The third-order valence-corrected chi connectivity index (χ3v) is 11.9. The first-order valence-electron chi connectivity index (χ1n) is 9.31. The van der Waals surface area contributed by atoms with Crippen LogP contribution in [0.2, 0.25) is 18.1 Å². The van der Waals surface area contributed by atoms with Gasteiger partial charge in [0.25, 0.3) is 0 Å². The number of hydrogen-bond donors (Lipinski definition) is 1. The Morgan fingerprint density at radius 1 is 1.23 bits per heavy atom. The standard InChI is InChI=1S/C19H38O2Si/c1-14(13-20)15-10-11-16-17(9-8-12-19(15,16)5)21-22(6,7)18(2,3)4/h14-17,20H,8-13H2,1-7H3/t14-,15+,16+,17+,19-/m1/s1. The van der Waals surface area contributed by atoms with Gasteiger partial charge in [0, 0.05) is 12.7 Å². The Hall–Kier alpha value is 0.137. The van der Waals surface area contributed by atoms with Crippen molar-refractivity contribution in [2.24, 2.45) is 23.2 Å². The average Bonchev–Trinajstić information content (AvgIpc) is 2.74. The SMILES string of the molecule is C[C@H](CO)[C@@H]1CC[C@H]2[C@@H](O[Si](C)(C)C(C)(C)C)CCC[C@]12C. The molecule has 2 nitrogen and oxygen atoms in total. The normalized spacial score (nSPS) is 37.9. The van der Waals surface area contributed by atoms with E-state index in [4.69, 9.17) is 4.43 Å². The summed E-state index contributed by atoms with van der Waals surface area (Å²) in [5, 5.41) is 9.92. The number of aliphatic hydroxyl groups is 1. The van der Waals surface area contributed by atoms with Gasteiger partial charge >= 0.3 is 0 Å². The van der Waals surface area contributed by atoms with Crippen LogP contribution in [0.4, 0.5) is 0 Å². The largest absolute Gasteiger partial charge is 0.414 e. The molecule has 2 rings (SSSR count). The van der Waals surface area contributed by atoms with Crippen LogP contribution in [0.1, 0.15) is 66.7 Å². The molecule has 3 heteroatoms. The Bertz CT molecular complexity index is 387. The number of rotatable bonds is 4. The van der Waals surface area contributed by atoms with E-state index in [1.54, 1.807) is 0 Å². The van der Waals surface area contributed by atoms with Crippen LogP contribution < -0.4 is 0 Å². The lowest BCUT2D eigenvalue weighted by Gasteiger charge is -2.49. The van der Waals surface area contributed by atoms with Crippen LogP contribution in [-0.2, 0) is 4.43 Å². The highest BCUT2D eigenvalue weighted by molar-refractivity contribution is 6.74. The lowest BCUT2D eigenvalue weighted by molar-refractivity contribution is -0.0259. The lowest BCUT2D eigenvalue weighted by atomic mass is 9.62. The molecule has 0 radical (unpaired) electrons. The maximum Gasteiger partial charge on any atom is 0.192 e. The quantitative estimate of drug-likeness (QED) is 0.718. The molecule has 0 aromatic heterocycles. The van der Waals surface area contributed by atoms with Crippen molar-refractivity contribution in [1.82, 2.24) is 0 Å². The molecule has 22 heavy (non-hydrogen) atoms. The molecule has 2 fully saturated rings. The summed E-state index contributed by atoms with van der Waals surface area (Å²) >= 11 is 0. The van der Waals surface area contributed by atoms with Crippen molar-refractivity contribution < 1.29 is 9.53 Å². The fourth-order valence-electron chi connectivity index (χ4n) is 4.92. The first-order valence-corrected chi connectivity index (χ1v) is 12.2. The maximum atomic E-state index is 9.63. The minimum Gasteiger partial charge on any atom is -0.414 e. The molecular formula is C19H38O2Si. The van der Waals surface area contributed by atoms with Gasteiger partial charge < -0.3 is 9.53 Å². The highest BCUT2D eigenvalue weighted by Crippen LogP contribution is 2.59. The molecule has 0 unspecified atom stereocenters. The van der Waals surface area contributed by atoms with Crippen molar-refractivity contribution in [3.8, 4) is 0 Å². The van der Waals surface area contributed by atoms with Crippen LogP contribution >= 0.6 is 0 Å². The summed E-state index contributed by atoms with van der Waals surface area (Å²) in [6, 6.07) is 0. The minimum atomic E-state index is -1.69. The number of fused-ring (bicyclic) bond motifs is 1. The topological polar surface area (TPSA) is 29.5 Å². The van der Waals surface area contributed by atoms with E-state index in [0.717, 1.165) is 0 Å². The van der Waals surface area contributed by atoms with Gasteiger partial charge in [-0.25, -0.2) is 0 Å². The van der Waals surface area contributed by atoms with Crippen LogP contribution in [0.3, 0.4) is 0 Å². The molecule has 5 atom stereocenters. The van der Waals surface area contributed by atoms with Crippen molar-refractivity contribution in [3.05, 3.63) is 0 Å². The van der Waals surface area contributed by atoms with Gasteiger partial charge in [0.05, 0.1) is 0 Å². The van der Waals surface area contributed by atoms with E-state index in [9.17, 15) is 5.11 Å². The summed E-state index contributed by atoms with van der Waals surface area (Å²) in [6.07, 6.45) is 6.89. The minimum absolute atomic E-state index is 0.289. The smallest absolute Gasteiger partial charge is 0.192 e. The molecule has 0 aliphatic heterocycles. The molecule has 0 bridgehead atoms. The van der Waals surface area contributed by atoms with Gasteiger partial charge in [-0.2, -0.15) is 0 Å². The summed E-state index contributed by atoms with van der Waals surface area (Å²) in [5.41, 5.74) is 0.382. The van der Waals surface area contributed by atoms with Gasteiger partial charge in [-0.15, -0.1) is 0 Å². The highest BCUT2D eigenvalue weighted by Gasteiger charge is 2.54. The molecular weight excluding hydrogens is 288 g/mol. The van der Waals surface area contributed by atoms with E-state index >= 15 is 0 Å². The molecule has 0 aromatic carbocycles. The third kappa shape index (κ3) is 3.18. The molecule has 2 aliphatic carbocycles. The summed E-state index contributed by atoms with van der Waals surface area (Å²) < 4.78 is 6.86. The fourth-order valence-corrected chi connectivity index (χ4v) is 6.31. The van der Waals surface area contributed by atoms with Gasteiger partial charge in [0.2, 0.25) is 0 Å². The van der Waals surface area contributed by atoms with E-state index in [1.807, 2.05) is 0 Å². The van der Waals surface area contributed by atoms with Gasteiger partial charge in [-0.3, -0.25) is 0 Å². The molecule has 1 N–H and O–H groups in total. The first kappa shape index (κ1) is 18.5. The molecule has 0 heterocycles. The predicted octanol–water partition coefficient (Wildman–Crippen LogP) is 5.22. The van der Waals surface area contributed by atoms with Crippen LogP contribution in [-0.4, -0.2) is 26.1 Å². The molecule has 2 aliphatic rings. The Kier molecular flexibility index (Phi) is 5.22. The van der Waals surface area contributed by atoms with Crippen molar-refractivity contribution in [1.29, 1.82) is 0 Å². The van der Waals surface area contributed by atoms with Crippen molar-refractivity contribution >= 4 is 8.32 Å². The molecule has 0 spiro atoms. The Morgan fingerprint density at radius 3 is 2.41 bits per heavy atom. The maximum absolute atomic E-state index is 9.63. The van der Waals surface area contributed by atoms with E-state index in [2.05, 4.69) is 47.7 Å². The molecule has 130 valence electrons. The summed E-state index contributed by atoms with van der Waals surface area (Å²) in [6.45, 7) is 16.9. The second-order valence-electron chi connectivity index (χ2n) is 9.76. The van der Waals surface area contributed by atoms with E-state index in [0.29, 0.717) is 35.9 Å². The van der Waals surface area contributed by atoms with Gasteiger partial charge in [-0.1, -0.05) is 41.0 Å². The van der Waals surface area contributed by atoms with E-state index in [1.165, 1.54) is 32.1 Å². The summed E-state index contributed by atoms with van der Waals surface area (Å²) in [7, 11) is -1.69. The summed E-state index contributed by atoms with van der Waals surface area (Å²) in [5.74, 6) is 1.81. The summed E-state index contributed by atoms with van der Waals surface area (Å²) in [4.78, 5) is 0. The van der Waals surface area contributed by atoms with Crippen LogP contribution in [0, 0.1) is 23.2 Å². The second-order valence-corrected chi connectivity index (χ2v) is 14.5. The zero-order valence-electron chi connectivity index (χ0n) is 15.9. The van der Waals surface area contributed by atoms with Crippen LogP contribution in [0.15, 0.2) is 0 Å². The monoisotopic (exact) mass is 326 g/mol. The average molecular weight is 327 g/mol.